The van der Waals surface area contributed by atoms with Gasteiger partial charge in [-0.1, -0.05) is 36.4 Å². The van der Waals surface area contributed by atoms with Crippen LogP contribution in [-0.4, -0.2) is 36.5 Å². The Morgan fingerprint density at radius 1 is 1.06 bits per heavy atom. The van der Waals surface area contributed by atoms with Gasteiger partial charge in [0.2, 0.25) is 0 Å². The fourth-order valence-corrected chi connectivity index (χ4v) is 6.42. The molecule has 0 saturated heterocycles. The van der Waals surface area contributed by atoms with Gasteiger partial charge in [-0.3, -0.25) is 9.10 Å². The van der Waals surface area contributed by atoms with Gasteiger partial charge >= 0.3 is 0 Å². The van der Waals surface area contributed by atoms with Crippen LogP contribution in [0.3, 0.4) is 0 Å². The highest BCUT2D eigenvalue weighted by Crippen LogP contribution is 2.36. The lowest BCUT2D eigenvalue weighted by molar-refractivity contribution is 0.0952. The fraction of sp³-hybridized carbons (Fsp3) is 0.231. The SMILES string of the molecule is Cc1nc2ccccc2n1CCNC(=O)c1cccc(S(=O)(=O)N2c3ccccc3C[C@@H]2C)c1. The number of aryl methyl sites for hydroxylation is 1. The second-order valence-electron chi connectivity index (χ2n) is 8.57. The number of sulfonamides is 1. The van der Waals surface area contributed by atoms with Crippen molar-refractivity contribution in [2.45, 2.75) is 37.8 Å². The molecule has 1 aliphatic heterocycles. The Kier molecular flexibility index (Phi) is 5.61. The minimum Gasteiger partial charge on any atom is -0.350 e. The molecule has 8 heteroatoms. The zero-order valence-corrected chi connectivity index (χ0v) is 19.9. The van der Waals surface area contributed by atoms with Gasteiger partial charge in [-0.15, -0.1) is 0 Å². The number of hydrogen-bond donors (Lipinski definition) is 1. The summed E-state index contributed by atoms with van der Waals surface area (Å²) in [5.74, 6) is 0.567. The quantitative estimate of drug-likeness (QED) is 0.459. The van der Waals surface area contributed by atoms with E-state index in [1.165, 1.54) is 10.4 Å². The number of imidazole rings is 1. The lowest BCUT2D eigenvalue weighted by Gasteiger charge is -2.24. The number of hydrogen-bond acceptors (Lipinski definition) is 4. The first-order valence-corrected chi connectivity index (χ1v) is 12.7. The summed E-state index contributed by atoms with van der Waals surface area (Å²) in [4.78, 5) is 17.5. The molecule has 3 aromatic carbocycles. The van der Waals surface area contributed by atoms with E-state index in [1.807, 2.05) is 62.4 Å². The summed E-state index contributed by atoms with van der Waals surface area (Å²) in [5.41, 5.74) is 3.96. The number of benzene rings is 3. The van der Waals surface area contributed by atoms with Crippen LogP contribution in [0.25, 0.3) is 11.0 Å². The number of anilines is 1. The maximum absolute atomic E-state index is 13.5. The van der Waals surface area contributed by atoms with Gasteiger partial charge in [0.05, 0.1) is 21.6 Å². The third-order valence-electron chi connectivity index (χ3n) is 6.26. The number of fused-ring (bicyclic) bond motifs is 2. The van der Waals surface area contributed by atoms with Gasteiger partial charge in [0.15, 0.2) is 0 Å². The number of nitrogens with zero attached hydrogens (tertiary/aromatic N) is 3. The number of rotatable bonds is 6. The van der Waals surface area contributed by atoms with Crippen molar-refractivity contribution in [3.63, 3.8) is 0 Å². The highest BCUT2D eigenvalue weighted by molar-refractivity contribution is 7.92. The molecule has 1 aromatic heterocycles. The molecule has 0 bridgehead atoms. The number of amides is 1. The molecule has 0 fully saturated rings. The zero-order valence-electron chi connectivity index (χ0n) is 19.1. The monoisotopic (exact) mass is 474 g/mol. The largest absolute Gasteiger partial charge is 0.350 e. The first-order valence-electron chi connectivity index (χ1n) is 11.3. The highest BCUT2D eigenvalue weighted by atomic mass is 32.2. The van der Waals surface area contributed by atoms with Crippen LogP contribution in [-0.2, 0) is 23.0 Å². The van der Waals surface area contributed by atoms with E-state index in [-0.39, 0.29) is 16.8 Å². The highest BCUT2D eigenvalue weighted by Gasteiger charge is 2.36. The van der Waals surface area contributed by atoms with E-state index < -0.39 is 10.0 Å². The second kappa shape index (κ2) is 8.61. The number of aromatic nitrogens is 2. The van der Waals surface area contributed by atoms with Crippen LogP contribution in [0.15, 0.2) is 77.7 Å². The van der Waals surface area contributed by atoms with E-state index in [0.29, 0.717) is 30.8 Å². The summed E-state index contributed by atoms with van der Waals surface area (Å²) in [6.07, 6.45) is 0.665. The normalized spacial score (nSPS) is 15.5. The van der Waals surface area contributed by atoms with Crippen molar-refractivity contribution in [3.8, 4) is 0 Å². The molecular weight excluding hydrogens is 448 g/mol. The van der Waals surface area contributed by atoms with Crippen LogP contribution in [0.1, 0.15) is 28.7 Å². The molecule has 1 N–H and O–H groups in total. The molecule has 4 aromatic rings. The predicted molar refractivity (Wildman–Crippen MR) is 133 cm³/mol. The molecule has 2 heterocycles. The third-order valence-corrected chi connectivity index (χ3v) is 8.19. The molecule has 7 nitrogen and oxygen atoms in total. The van der Waals surface area contributed by atoms with E-state index in [1.54, 1.807) is 18.2 Å². The van der Waals surface area contributed by atoms with Crippen molar-refractivity contribution < 1.29 is 13.2 Å². The molecule has 5 rings (SSSR count). The lowest BCUT2D eigenvalue weighted by atomic mass is 10.1. The van der Waals surface area contributed by atoms with Gasteiger partial charge in [0, 0.05) is 24.7 Å². The standard InChI is InChI=1S/C26H26N4O3S/c1-18-16-20-8-3-5-12-24(20)30(18)34(32,33)22-10-7-9-21(17-22)26(31)27-14-15-29-19(2)28-23-11-4-6-13-25(23)29/h3-13,17-18H,14-16H2,1-2H3,(H,27,31)/t18-/m0/s1. The molecule has 0 radical (unpaired) electrons. The maximum Gasteiger partial charge on any atom is 0.264 e. The van der Waals surface area contributed by atoms with Gasteiger partial charge in [-0.05, 0) is 62.2 Å². The second-order valence-corrected chi connectivity index (χ2v) is 10.4. The van der Waals surface area contributed by atoms with E-state index in [9.17, 15) is 13.2 Å². The Bertz CT molecular complexity index is 1490. The molecule has 0 saturated carbocycles. The van der Waals surface area contributed by atoms with Gasteiger partial charge in [0.25, 0.3) is 15.9 Å². The Labute approximate surface area is 199 Å². The number of carbonyl (C=O) groups is 1. The van der Waals surface area contributed by atoms with Crippen molar-refractivity contribution in [1.82, 2.24) is 14.9 Å². The first kappa shape index (κ1) is 22.2. The minimum absolute atomic E-state index is 0.111. The smallest absolute Gasteiger partial charge is 0.264 e. The number of carbonyl (C=O) groups excluding carboxylic acids is 1. The Balaban J connectivity index is 1.33. The van der Waals surface area contributed by atoms with Crippen LogP contribution in [0.4, 0.5) is 5.69 Å². The summed E-state index contributed by atoms with van der Waals surface area (Å²) in [6.45, 7) is 4.80. The van der Waals surface area contributed by atoms with Crippen LogP contribution >= 0.6 is 0 Å². The van der Waals surface area contributed by atoms with E-state index in [4.69, 9.17) is 0 Å². The van der Waals surface area contributed by atoms with Gasteiger partial charge < -0.3 is 9.88 Å². The average Bonchev–Trinajstić information content (AvgIpc) is 3.34. The molecule has 1 aliphatic rings. The van der Waals surface area contributed by atoms with Crippen LogP contribution in [0.2, 0.25) is 0 Å². The summed E-state index contributed by atoms with van der Waals surface area (Å²) >= 11 is 0. The molecule has 0 aliphatic carbocycles. The molecule has 0 unspecified atom stereocenters. The molecule has 174 valence electrons. The topological polar surface area (TPSA) is 84.3 Å². The van der Waals surface area contributed by atoms with E-state index in [2.05, 4.69) is 14.9 Å². The first-order chi connectivity index (χ1) is 16.4. The van der Waals surface area contributed by atoms with Crippen molar-refractivity contribution in [2.75, 3.05) is 10.8 Å². The van der Waals surface area contributed by atoms with E-state index in [0.717, 1.165) is 22.4 Å². The fourth-order valence-electron chi connectivity index (χ4n) is 4.68. The Hall–Kier alpha value is -3.65. The predicted octanol–water partition coefficient (Wildman–Crippen LogP) is 3.91. The Morgan fingerprint density at radius 2 is 1.82 bits per heavy atom. The van der Waals surface area contributed by atoms with Crippen molar-refractivity contribution in [1.29, 1.82) is 0 Å². The molecular formula is C26H26N4O3S. The molecule has 0 spiro atoms. The maximum atomic E-state index is 13.5. The number of para-hydroxylation sites is 3. The van der Waals surface area contributed by atoms with Crippen LogP contribution in [0, 0.1) is 6.92 Å². The minimum atomic E-state index is -3.80. The lowest BCUT2D eigenvalue weighted by Crippen LogP contribution is -2.36. The van der Waals surface area contributed by atoms with Crippen LogP contribution in [0.5, 0.6) is 0 Å². The van der Waals surface area contributed by atoms with Gasteiger partial charge in [-0.25, -0.2) is 13.4 Å². The van der Waals surface area contributed by atoms with Gasteiger partial charge in [0.1, 0.15) is 5.82 Å². The summed E-state index contributed by atoms with van der Waals surface area (Å²) in [6, 6.07) is 21.5. The summed E-state index contributed by atoms with van der Waals surface area (Å²) in [5, 5.41) is 2.91. The van der Waals surface area contributed by atoms with Crippen LogP contribution < -0.4 is 9.62 Å². The molecule has 1 atom stereocenters. The van der Waals surface area contributed by atoms with Crippen molar-refractivity contribution in [2.24, 2.45) is 0 Å². The van der Waals surface area contributed by atoms with Crippen molar-refractivity contribution in [3.05, 3.63) is 89.7 Å². The average molecular weight is 475 g/mol. The Morgan fingerprint density at radius 3 is 2.68 bits per heavy atom. The molecule has 1 amide bonds. The number of nitrogens with one attached hydrogen (secondary N) is 1. The summed E-state index contributed by atoms with van der Waals surface area (Å²) in [7, 11) is -3.80. The summed E-state index contributed by atoms with van der Waals surface area (Å²) < 4.78 is 30.5. The molecule has 34 heavy (non-hydrogen) atoms. The van der Waals surface area contributed by atoms with Gasteiger partial charge in [-0.2, -0.15) is 0 Å². The van der Waals surface area contributed by atoms with Crippen molar-refractivity contribution >= 4 is 32.7 Å². The third kappa shape index (κ3) is 3.84. The van der Waals surface area contributed by atoms with E-state index >= 15 is 0 Å². The zero-order chi connectivity index (χ0) is 23.9.